The van der Waals surface area contributed by atoms with E-state index in [1.165, 1.54) is 37.1 Å². The van der Waals surface area contributed by atoms with Gasteiger partial charge in [-0.1, -0.05) is 41.9 Å². The van der Waals surface area contributed by atoms with Crippen molar-refractivity contribution in [2.75, 3.05) is 7.11 Å². The van der Waals surface area contributed by atoms with Crippen LogP contribution in [0.25, 0.3) is 0 Å². The summed E-state index contributed by atoms with van der Waals surface area (Å²) in [5.74, 6) is -3.74. The number of carbonyl (C=O) groups excluding carboxylic acids is 2. The van der Waals surface area contributed by atoms with Gasteiger partial charge in [0.25, 0.3) is 5.91 Å². The Morgan fingerprint density at radius 3 is 2.17 bits per heavy atom. The van der Waals surface area contributed by atoms with Crippen molar-refractivity contribution in [2.24, 2.45) is 5.92 Å². The summed E-state index contributed by atoms with van der Waals surface area (Å²) in [6, 6.07) is 19.0. The monoisotopic (exact) mass is 589 g/mol. The van der Waals surface area contributed by atoms with Crippen LogP contribution < -0.4 is 4.74 Å². The number of carboxylic acids is 1. The Kier molecular flexibility index (Phi) is 7.68. The van der Waals surface area contributed by atoms with Gasteiger partial charge in [-0.3, -0.25) is 9.59 Å². The molecule has 2 heterocycles. The van der Waals surface area contributed by atoms with E-state index in [0.717, 1.165) is 6.07 Å². The zero-order valence-corrected chi connectivity index (χ0v) is 24.2. The summed E-state index contributed by atoms with van der Waals surface area (Å²) < 4.78 is 25.3. The minimum absolute atomic E-state index is 0.0432. The number of Topliss-reactive ketones (excluding diaryl/α,β-unsaturated/α-hetero) is 1. The predicted molar refractivity (Wildman–Crippen MR) is 155 cm³/mol. The Labute approximate surface area is 247 Å². The molecule has 4 unspecified atom stereocenters. The zero-order chi connectivity index (χ0) is 30.3. The predicted octanol–water partition coefficient (Wildman–Crippen LogP) is 7.02. The molecule has 1 N–H and O–H groups in total. The number of furan rings is 1. The van der Waals surface area contributed by atoms with E-state index in [1.54, 1.807) is 68.4 Å². The van der Waals surface area contributed by atoms with Crippen molar-refractivity contribution in [2.45, 2.75) is 38.3 Å². The van der Waals surface area contributed by atoms with Gasteiger partial charge in [0, 0.05) is 16.5 Å². The first-order valence-corrected chi connectivity index (χ1v) is 13.7. The van der Waals surface area contributed by atoms with Crippen LogP contribution in [0.15, 0.2) is 83.3 Å². The highest BCUT2D eigenvalue weighted by atomic mass is 35.5. The van der Waals surface area contributed by atoms with Crippen LogP contribution in [0.2, 0.25) is 5.02 Å². The number of hydrogen-bond acceptors (Lipinski definition) is 5. The van der Waals surface area contributed by atoms with Gasteiger partial charge in [-0.15, -0.1) is 0 Å². The molecule has 7 nitrogen and oxygen atoms in total. The molecule has 5 rings (SSSR count). The summed E-state index contributed by atoms with van der Waals surface area (Å²) in [5.41, 5.74) is -0.676. The van der Waals surface area contributed by atoms with Crippen molar-refractivity contribution in [1.82, 2.24) is 4.90 Å². The van der Waals surface area contributed by atoms with Crippen LogP contribution in [0.5, 0.6) is 5.75 Å². The highest BCUT2D eigenvalue weighted by molar-refractivity contribution is 6.30. The van der Waals surface area contributed by atoms with Crippen LogP contribution in [0.3, 0.4) is 0 Å². The van der Waals surface area contributed by atoms with Gasteiger partial charge in [0.15, 0.2) is 5.78 Å². The number of methoxy groups -OCH3 is 1. The molecule has 3 aromatic carbocycles. The lowest BCUT2D eigenvalue weighted by atomic mass is 9.71. The first-order chi connectivity index (χ1) is 20.0. The molecule has 0 aliphatic carbocycles. The van der Waals surface area contributed by atoms with Crippen molar-refractivity contribution in [3.8, 4) is 5.75 Å². The van der Waals surface area contributed by atoms with Crippen LogP contribution in [-0.2, 0) is 4.79 Å². The van der Waals surface area contributed by atoms with Crippen molar-refractivity contribution < 1.29 is 33.0 Å². The summed E-state index contributed by atoms with van der Waals surface area (Å²) in [6.07, 6.45) is 0. The second-order valence-electron chi connectivity index (χ2n) is 10.6. The number of halogens is 2. The van der Waals surface area contributed by atoms with E-state index >= 15 is 0 Å². The molecule has 42 heavy (non-hydrogen) atoms. The third-order valence-electron chi connectivity index (χ3n) is 8.10. The summed E-state index contributed by atoms with van der Waals surface area (Å²) in [4.78, 5) is 43.6. The third kappa shape index (κ3) is 4.86. The van der Waals surface area contributed by atoms with E-state index in [4.69, 9.17) is 20.8 Å². The number of carbonyl (C=O) groups is 3. The molecule has 216 valence electrons. The van der Waals surface area contributed by atoms with Crippen LogP contribution in [0.1, 0.15) is 62.2 Å². The zero-order valence-electron chi connectivity index (χ0n) is 23.4. The normalized spacial score (nSPS) is 21.8. The number of ether oxygens (including phenoxy) is 1. The number of likely N-dealkylation sites (tertiary alicyclic amines) is 1. The number of benzene rings is 3. The van der Waals surface area contributed by atoms with Gasteiger partial charge in [-0.25, -0.2) is 9.18 Å². The highest BCUT2D eigenvalue weighted by Crippen LogP contribution is 2.57. The highest BCUT2D eigenvalue weighted by Gasteiger charge is 2.65. The second-order valence-corrected chi connectivity index (χ2v) is 11.0. The minimum Gasteiger partial charge on any atom is -0.497 e. The average Bonchev–Trinajstić information content (AvgIpc) is 3.46. The standard InChI is InChI=1S/C33H29ClFNO6/c1-18-16-26(19(2)42-18)30(37)27-28(20-10-14-25(41-4)15-11-20)33(3,32(39)40)36(29(27)21-8-12-23(34)13-9-21)31(38)22-6-5-7-24(35)17-22/h5-17,27-29H,1-4H3,(H,39,40). The number of nitrogens with zero attached hydrogens (tertiary/aromatic N) is 1. The minimum atomic E-state index is -1.95. The van der Waals surface area contributed by atoms with Gasteiger partial charge in [0.2, 0.25) is 0 Å². The molecule has 0 saturated carbocycles. The van der Waals surface area contributed by atoms with Crippen LogP contribution in [0.4, 0.5) is 4.39 Å². The molecular formula is C33H29ClFNO6. The van der Waals surface area contributed by atoms with Gasteiger partial charge in [-0.2, -0.15) is 0 Å². The maximum absolute atomic E-state index is 14.6. The molecule has 1 saturated heterocycles. The molecule has 4 atom stereocenters. The molecule has 1 aromatic heterocycles. The SMILES string of the molecule is COc1ccc(C2C(C(=O)c3cc(C)oc3C)C(c3ccc(Cl)cc3)N(C(=O)c3cccc(F)c3)C2(C)C(=O)O)cc1. The Bertz CT molecular complexity index is 1660. The van der Waals surface area contributed by atoms with Crippen LogP contribution >= 0.6 is 11.6 Å². The average molecular weight is 590 g/mol. The van der Waals surface area contributed by atoms with E-state index in [2.05, 4.69) is 0 Å². The Balaban J connectivity index is 1.83. The summed E-state index contributed by atoms with van der Waals surface area (Å²) >= 11 is 6.20. The van der Waals surface area contributed by atoms with Crippen molar-refractivity contribution >= 4 is 29.3 Å². The number of aliphatic carboxylic acids is 1. The summed E-state index contributed by atoms with van der Waals surface area (Å²) in [7, 11) is 1.51. The molecule has 1 fully saturated rings. The number of hydrogen-bond donors (Lipinski definition) is 1. The quantitative estimate of drug-likeness (QED) is 0.233. The van der Waals surface area contributed by atoms with Gasteiger partial charge in [0.05, 0.1) is 24.6 Å². The Hall–Kier alpha value is -4.43. The molecule has 0 radical (unpaired) electrons. The largest absolute Gasteiger partial charge is 0.497 e. The molecule has 1 aliphatic rings. The molecular weight excluding hydrogens is 561 g/mol. The molecule has 4 aromatic rings. The van der Waals surface area contributed by atoms with E-state index in [1.807, 2.05) is 0 Å². The maximum Gasteiger partial charge on any atom is 0.330 e. The molecule has 1 amide bonds. The fraction of sp³-hybridized carbons (Fsp3) is 0.242. The number of ketones is 1. The van der Waals surface area contributed by atoms with Gasteiger partial charge < -0.3 is 19.2 Å². The number of aryl methyl sites for hydroxylation is 2. The molecule has 1 aliphatic heterocycles. The molecule has 0 spiro atoms. The van der Waals surface area contributed by atoms with Gasteiger partial charge >= 0.3 is 5.97 Å². The van der Waals surface area contributed by atoms with Crippen LogP contribution in [0, 0.1) is 25.6 Å². The van der Waals surface area contributed by atoms with Crippen molar-refractivity contribution in [1.29, 1.82) is 0 Å². The molecule has 9 heteroatoms. The lowest BCUT2D eigenvalue weighted by Crippen LogP contribution is -2.54. The summed E-state index contributed by atoms with van der Waals surface area (Å²) in [5, 5.41) is 11.3. The Morgan fingerprint density at radius 1 is 0.976 bits per heavy atom. The van der Waals surface area contributed by atoms with E-state index in [0.29, 0.717) is 39.0 Å². The molecule has 0 bridgehead atoms. The van der Waals surface area contributed by atoms with Gasteiger partial charge in [-0.05, 0) is 80.4 Å². The summed E-state index contributed by atoms with van der Waals surface area (Å²) in [6.45, 7) is 4.82. The maximum atomic E-state index is 14.6. The lowest BCUT2D eigenvalue weighted by molar-refractivity contribution is -0.148. The topological polar surface area (TPSA) is 97.0 Å². The Morgan fingerprint density at radius 2 is 1.62 bits per heavy atom. The van der Waals surface area contributed by atoms with Crippen LogP contribution in [-0.4, -0.2) is 40.3 Å². The van der Waals surface area contributed by atoms with Crippen molar-refractivity contribution in [3.05, 3.63) is 123 Å². The number of rotatable bonds is 7. The van der Waals surface area contributed by atoms with E-state index in [-0.39, 0.29) is 11.3 Å². The van der Waals surface area contributed by atoms with E-state index in [9.17, 15) is 23.9 Å². The number of amides is 1. The smallest absolute Gasteiger partial charge is 0.330 e. The van der Waals surface area contributed by atoms with Crippen molar-refractivity contribution in [3.63, 3.8) is 0 Å². The van der Waals surface area contributed by atoms with Gasteiger partial charge in [0.1, 0.15) is 28.6 Å². The number of carboxylic acid groups (broad SMARTS) is 1. The second kappa shape index (κ2) is 11.1. The van der Waals surface area contributed by atoms with E-state index < -0.39 is 41.1 Å². The fourth-order valence-electron chi connectivity index (χ4n) is 6.17. The first-order valence-electron chi connectivity index (χ1n) is 13.3. The lowest BCUT2D eigenvalue weighted by Gasteiger charge is -2.38. The fourth-order valence-corrected chi connectivity index (χ4v) is 6.30. The first kappa shape index (κ1) is 29.1. The third-order valence-corrected chi connectivity index (χ3v) is 8.35.